The predicted octanol–water partition coefficient (Wildman–Crippen LogP) is 4.03. The number of amides is 2. The molecule has 1 fully saturated rings. The highest BCUT2D eigenvalue weighted by molar-refractivity contribution is 6.00. The molecule has 2 amide bonds. The van der Waals surface area contributed by atoms with E-state index in [1.165, 1.54) is 5.56 Å². The molecule has 138 valence electrons. The van der Waals surface area contributed by atoms with Crippen LogP contribution in [0.5, 0.6) is 0 Å². The van der Waals surface area contributed by atoms with Crippen molar-refractivity contribution < 1.29 is 9.59 Å². The van der Waals surface area contributed by atoms with Gasteiger partial charge in [-0.15, -0.1) is 0 Å². The maximum Gasteiger partial charge on any atom is 0.228 e. The van der Waals surface area contributed by atoms with Gasteiger partial charge in [-0.05, 0) is 37.0 Å². The third-order valence-electron chi connectivity index (χ3n) is 5.01. The molecule has 25 heavy (non-hydrogen) atoms. The van der Waals surface area contributed by atoms with Crippen molar-refractivity contribution in [3.05, 3.63) is 29.8 Å². The Morgan fingerprint density at radius 1 is 1.08 bits per heavy atom. The topological polar surface area (TPSA) is 40.6 Å². The zero-order chi connectivity index (χ0) is 18.2. The first-order valence-electron chi connectivity index (χ1n) is 9.78. The number of unbranched alkanes of at least 4 members (excludes halogenated alkanes) is 2. The molecule has 0 aromatic heterocycles. The lowest BCUT2D eigenvalue weighted by Gasteiger charge is -2.25. The summed E-state index contributed by atoms with van der Waals surface area (Å²) < 4.78 is 0. The van der Waals surface area contributed by atoms with E-state index in [1.54, 1.807) is 4.90 Å². The van der Waals surface area contributed by atoms with E-state index in [9.17, 15) is 9.59 Å². The summed E-state index contributed by atoms with van der Waals surface area (Å²) in [5, 5.41) is 0. The molecular formula is C21H32N2O2. The van der Waals surface area contributed by atoms with Crippen LogP contribution in [-0.4, -0.2) is 36.3 Å². The minimum Gasteiger partial charge on any atom is -0.342 e. The maximum atomic E-state index is 12.9. The van der Waals surface area contributed by atoms with Crippen molar-refractivity contribution >= 4 is 17.5 Å². The average Bonchev–Trinajstić information content (AvgIpc) is 3.03. The van der Waals surface area contributed by atoms with E-state index in [2.05, 4.69) is 32.9 Å². The second-order valence-corrected chi connectivity index (χ2v) is 6.96. The maximum absolute atomic E-state index is 12.9. The van der Waals surface area contributed by atoms with E-state index >= 15 is 0 Å². The van der Waals surface area contributed by atoms with E-state index in [0.29, 0.717) is 13.0 Å². The number of carbonyl (C=O) groups is 2. The molecule has 0 radical (unpaired) electrons. The van der Waals surface area contributed by atoms with E-state index in [4.69, 9.17) is 0 Å². The molecule has 1 atom stereocenters. The summed E-state index contributed by atoms with van der Waals surface area (Å²) in [6.07, 6.45) is 5.53. The fourth-order valence-electron chi connectivity index (χ4n) is 3.32. The lowest BCUT2D eigenvalue weighted by atomic mass is 10.1. The number of carbonyl (C=O) groups excluding carboxylic acids is 2. The van der Waals surface area contributed by atoms with Gasteiger partial charge in [0.1, 0.15) is 0 Å². The molecule has 0 saturated carbocycles. The van der Waals surface area contributed by atoms with Gasteiger partial charge in [0.15, 0.2) is 0 Å². The van der Waals surface area contributed by atoms with Crippen LogP contribution < -0.4 is 4.90 Å². The molecule has 1 saturated heterocycles. The van der Waals surface area contributed by atoms with Gasteiger partial charge in [-0.3, -0.25) is 9.59 Å². The molecule has 0 bridgehead atoms. The Balaban J connectivity index is 2.04. The van der Waals surface area contributed by atoms with Gasteiger partial charge in [0, 0.05) is 31.7 Å². The second kappa shape index (κ2) is 9.59. The number of rotatable bonds is 9. The first-order valence-corrected chi connectivity index (χ1v) is 9.78. The van der Waals surface area contributed by atoms with Crippen LogP contribution >= 0.6 is 0 Å². The summed E-state index contributed by atoms with van der Waals surface area (Å²) in [7, 11) is 0. The zero-order valence-corrected chi connectivity index (χ0v) is 16.0. The van der Waals surface area contributed by atoms with E-state index < -0.39 is 0 Å². The van der Waals surface area contributed by atoms with Crippen LogP contribution in [0.4, 0.5) is 5.69 Å². The van der Waals surface area contributed by atoms with E-state index in [1.807, 2.05) is 17.0 Å². The first-order chi connectivity index (χ1) is 12.1. The van der Waals surface area contributed by atoms with Crippen LogP contribution in [0.25, 0.3) is 0 Å². The van der Waals surface area contributed by atoms with Crippen LogP contribution in [0.3, 0.4) is 0 Å². The van der Waals surface area contributed by atoms with Gasteiger partial charge < -0.3 is 9.80 Å². The van der Waals surface area contributed by atoms with Gasteiger partial charge >= 0.3 is 0 Å². The Labute approximate surface area is 152 Å². The van der Waals surface area contributed by atoms with Gasteiger partial charge in [0.25, 0.3) is 0 Å². The Morgan fingerprint density at radius 2 is 1.68 bits per heavy atom. The van der Waals surface area contributed by atoms with Crippen LogP contribution in [0.1, 0.15) is 58.4 Å². The number of hydrogen-bond donors (Lipinski definition) is 0. The molecule has 1 unspecified atom stereocenters. The highest BCUT2D eigenvalue weighted by atomic mass is 16.2. The number of aryl methyl sites for hydroxylation is 1. The third-order valence-corrected chi connectivity index (χ3v) is 5.01. The lowest BCUT2D eigenvalue weighted by Crippen LogP contribution is -2.38. The predicted molar refractivity (Wildman–Crippen MR) is 103 cm³/mol. The third kappa shape index (κ3) is 5.07. The lowest BCUT2D eigenvalue weighted by molar-refractivity contribution is -0.136. The molecule has 4 heteroatoms. The molecule has 4 nitrogen and oxygen atoms in total. The van der Waals surface area contributed by atoms with E-state index in [-0.39, 0.29) is 17.7 Å². The van der Waals surface area contributed by atoms with Gasteiger partial charge in [0.05, 0.1) is 5.92 Å². The number of nitrogens with zero attached hydrogens (tertiary/aromatic N) is 2. The molecule has 1 aromatic carbocycles. The minimum absolute atomic E-state index is 0.0635. The summed E-state index contributed by atoms with van der Waals surface area (Å²) in [6, 6.07) is 8.12. The van der Waals surface area contributed by atoms with Crippen LogP contribution in [0, 0.1) is 5.92 Å². The molecule has 1 heterocycles. The van der Waals surface area contributed by atoms with Crippen molar-refractivity contribution in [1.82, 2.24) is 4.90 Å². The largest absolute Gasteiger partial charge is 0.342 e. The molecule has 0 N–H and O–H groups in total. The highest BCUT2D eigenvalue weighted by Gasteiger charge is 2.36. The first kappa shape index (κ1) is 19.5. The Hall–Kier alpha value is -1.84. The van der Waals surface area contributed by atoms with E-state index in [0.717, 1.165) is 50.9 Å². The quantitative estimate of drug-likeness (QED) is 0.678. The van der Waals surface area contributed by atoms with Crippen molar-refractivity contribution in [1.29, 1.82) is 0 Å². The van der Waals surface area contributed by atoms with Gasteiger partial charge in [-0.1, -0.05) is 45.7 Å². The van der Waals surface area contributed by atoms with Gasteiger partial charge in [-0.25, -0.2) is 0 Å². The second-order valence-electron chi connectivity index (χ2n) is 6.96. The van der Waals surface area contributed by atoms with Crippen LogP contribution in [-0.2, 0) is 16.0 Å². The summed E-state index contributed by atoms with van der Waals surface area (Å²) in [4.78, 5) is 29.1. The van der Waals surface area contributed by atoms with Crippen molar-refractivity contribution in [2.45, 2.75) is 59.3 Å². The molecule has 1 aliphatic heterocycles. The van der Waals surface area contributed by atoms with Crippen molar-refractivity contribution in [2.24, 2.45) is 5.92 Å². The molecule has 0 spiro atoms. The molecule has 0 aliphatic carbocycles. The summed E-state index contributed by atoms with van der Waals surface area (Å²) >= 11 is 0. The Kier molecular flexibility index (Phi) is 7.48. The standard InChI is InChI=1S/C21H32N2O2/c1-4-7-13-22(14-8-5-2)21(25)18-15-20(24)23(16-18)19-11-9-17(6-3)10-12-19/h9-12,18H,4-8,13-16H2,1-3H3. The minimum atomic E-state index is -0.202. The number of benzene rings is 1. The summed E-state index contributed by atoms with van der Waals surface area (Å²) in [5.74, 6) is 0.0172. The Morgan fingerprint density at radius 3 is 2.20 bits per heavy atom. The monoisotopic (exact) mass is 344 g/mol. The zero-order valence-electron chi connectivity index (χ0n) is 16.0. The average molecular weight is 344 g/mol. The Bertz CT molecular complexity index is 560. The SMILES string of the molecule is CCCCN(CCCC)C(=O)C1CC(=O)N(c2ccc(CC)cc2)C1. The normalized spacial score (nSPS) is 17.2. The molecule has 1 aromatic rings. The van der Waals surface area contributed by atoms with Crippen LogP contribution in [0.2, 0.25) is 0 Å². The van der Waals surface area contributed by atoms with Crippen LogP contribution in [0.15, 0.2) is 24.3 Å². The molecular weight excluding hydrogens is 312 g/mol. The van der Waals surface area contributed by atoms with Crippen molar-refractivity contribution in [2.75, 3.05) is 24.5 Å². The van der Waals surface area contributed by atoms with Gasteiger partial charge in [-0.2, -0.15) is 0 Å². The smallest absolute Gasteiger partial charge is 0.228 e. The fourth-order valence-corrected chi connectivity index (χ4v) is 3.32. The number of anilines is 1. The van der Waals surface area contributed by atoms with Gasteiger partial charge in [0.2, 0.25) is 11.8 Å². The molecule has 2 rings (SSSR count). The highest BCUT2D eigenvalue weighted by Crippen LogP contribution is 2.27. The summed E-state index contributed by atoms with van der Waals surface area (Å²) in [5.41, 5.74) is 2.17. The fraction of sp³-hybridized carbons (Fsp3) is 0.619. The summed E-state index contributed by atoms with van der Waals surface area (Å²) in [6.45, 7) is 8.53. The van der Waals surface area contributed by atoms with Crippen molar-refractivity contribution in [3.63, 3.8) is 0 Å². The number of hydrogen-bond acceptors (Lipinski definition) is 2. The molecule has 1 aliphatic rings. The van der Waals surface area contributed by atoms with Crippen molar-refractivity contribution in [3.8, 4) is 0 Å².